The lowest BCUT2D eigenvalue weighted by Crippen LogP contribution is -2.63. The summed E-state index contributed by atoms with van der Waals surface area (Å²) in [6.07, 6.45) is -4.97. The van der Waals surface area contributed by atoms with Crippen LogP contribution in [0.15, 0.2) is 103 Å². The van der Waals surface area contributed by atoms with Gasteiger partial charge in [0, 0.05) is 13.0 Å². The number of benzene rings is 3. The Morgan fingerprint density at radius 1 is 0.850 bits per heavy atom. The van der Waals surface area contributed by atoms with Crippen molar-refractivity contribution in [3.63, 3.8) is 0 Å². The average Bonchev–Trinajstić information content (AvgIpc) is 2.99. The zero-order chi connectivity index (χ0) is 28.5. The second-order valence-electron chi connectivity index (χ2n) is 10.1. The number of rotatable bonds is 12. The van der Waals surface area contributed by atoms with Crippen molar-refractivity contribution in [1.82, 2.24) is 0 Å². The van der Waals surface area contributed by atoms with Crippen molar-refractivity contribution in [3.8, 4) is 0 Å². The number of hydrogen-bond donors (Lipinski definition) is 1. The van der Waals surface area contributed by atoms with Crippen LogP contribution < -0.4 is 0 Å². The van der Waals surface area contributed by atoms with Crippen LogP contribution in [0.3, 0.4) is 0 Å². The van der Waals surface area contributed by atoms with E-state index >= 15 is 0 Å². The molecule has 1 saturated heterocycles. The van der Waals surface area contributed by atoms with Crippen LogP contribution in [0.2, 0.25) is 0 Å². The average molecular weight is 547 g/mol. The van der Waals surface area contributed by atoms with Crippen LogP contribution >= 0.6 is 0 Å². The molecule has 0 spiro atoms. The molecule has 40 heavy (non-hydrogen) atoms. The van der Waals surface area contributed by atoms with E-state index in [2.05, 4.69) is 6.58 Å². The first kappa shape index (κ1) is 29.6. The molecule has 0 aliphatic carbocycles. The van der Waals surface area contributed by atoms with Crippen molar-refractivity contribution in [1.29, 1.82) is 0 Å². The Labute approximate surface area is 236 Å². The maximum Gasteiger partial charge on any atom is 0.338 e. The molecule has 212 valence electrons. The molecule has 7 heteroatoms. The van der Waals surface area contributed by atoms with Crippen molar-refractivity contribution in [3.05, 3.63) is 120 Å². The summed E-state index contributed by atoms with van der Waals surface area (Å²) in [5, 5.41) is 11.0. The Balaban J connectivity index is 1.70. The first-order chi connectivity index (χ1) is 19.4. The van der Waals surface area contributed by atoms with Crippen molar-refractivity contribution >= 4 is 5.97 Å². The van der Waals surface area contributed by atoms with Crippen LogP contribution in [0.4, 0.5) is 0 Å². The van der Waals surface area contributed by atoms with Gasteiger partial charge in [-0.05, 0) is 30.2 Å². The molecule has 1 N–H and O–H groups in total. The summed E-state index contributed by atoms with van der Waals surface area (Å²) in [6, 6.07) is 28.2. The molecule has 0 bridgehead atoms. The van der Waals surface area contributed by atoms with E-state index < -0.39 is 48.7 Å². The second kappa shape index (κ2) is 14.3. The van der Waals surface area contributed by atoms with Gasteiger partial charge >= 0.3 is 5.97 Å². The Bertz CT molecular complexity index is 1200. The summed E-state index contributed by atoms with van der Waals surface area (Å²) in [5.41, 5.74) is 2.88. The van der Waals surface area contributed by atoms with E-state index in [0.29, 0.717) is 11.1 Å². The zero-order valence-corrected chi connectivity index (χ0v) is 23.2. The van der Waals surface area contributed by atoms with E-state index in [1.54, 1.807) is 31.2 Å². The monoisotopic (exact) mass is 546 g/mol. The highest BCUT2D eigenvalue weighted by Gasteiger charge is 2.52. The third-order valence-electron chi connectivity index (χ3n) is 7.11. The van der Waals surface area contributed by atoms with Gasteiger partial charge in [-0.25, -0.2) is 4.79 Å². The minimum Gasteiger partial charge on any atom is -0.453 e. The van der Waals surface area contributed by atoms with Gasteiger partial charge in [0.25, 0.3) is 0 Å². The predicted octanol–water partition coefficient (Wildman–Crippen LogP) is 5.33. The van der Waals surface area contributed by atoms with Crippen molar-refractivity contribution in [2.45, 2.75) is 63.9 Å². The van der Waals surface area contributed by atoms with E-state index in [0.717, 1.165) is 11.1 Å². The lowest BCUT2D eigenvalue weighted by atomic mass is 9.85. The van der Waals surface area contributed by atoms with Crippen molar-refractivity contribution in [2.75, 3.05) is 7.11 Å². The Morgan fingerprint density at radius 2 is 1.35 bits per heavy atom. The molecule has 0 aromatic heterocycles. The van der Waals surface area contributed by atoms with Gasteiger partial charge in [-0.15, -0.1) is 0 Å². The Morgan fingerprint density at radius 3 is 1.85 bits per heavy atom. The highest BCUT2D eigenvalue weighted by atomic mass is 16.7. The summed E-state index contributed by atoms with van der Waals surface area (Å²) in [5.74, 6) is -1.02. The van der Waals surface area contributed by atoms with Gasteiger partial charge in [0.15, 0.2) is 12.4 Å². The molecule has 3 aromatic rings. The van der Waals surface area contributed by atoms with Crippen molar-refractivity contribution < 1.29 is 33.6 Å². The molecule has 1 fully saturated rings. The first-order valence-electron chi connectivity index (χ1n) is 13.5. The minimum atomic E-state index is -0.924. The van der Waals surface area contributed by atoms with E-state index in [9.17, 15) is 9.90 Å². The summed E-state index contributed by atoms with van der Waals surface area (Å²) < 4.78 is 31.2. The largest absolute Gasteiger partial charge is 0.453 e. The van der Waals surface area contributed by atoms with Gasteiger partial charge in [-0.3, -0.25) is 0 Å². The fourth-order valence-electron chi connectivity index (χ4n) is 4.88. The zero-order valence-electron chi connectivity index (χ0n) is 23.2. The van der Waals surface area contributed by atoms with E-state index in [1.807, 2.05) is 73.7 Å². The number of aliphatic hydroxyl groups excluding tert-OH is 1. The number of aliphatic hydroxyl groups is 1. The predicted molar refractivity (Wildman–Crippen MR) is 151 cm³/mol. The molecule has 0 saturated carbocycles. The number of carbonyl (C=O) groups is 1. The van der Waals surface area contributed by atoms with Gasteiger partial charge in [-0.2, -0.15) is 0 Å². The molecule has 7 nitrogen and oxygen atoms in total. The Hall–Kier alpha value is -3.33. The first-order valence-corrected chi connectivity index (χ1v) is 13.5. The third-order valence-corrected chi connectivity index (χ3v) is 7.11. The third kappa shape index (κ3) is 7.44. The topological polar surface area (TPSA) is 83.5 Å². The van der Waals surface area contributed by atoms with Crippen molar-refractivity contribution in [2.24, 2.45) is 5.92 Å². The van der Waals surface area contributed by atoms with Gasteiger partial charge in [0.05, 0.1) is 24.9 Å². The molecule has 1 heterocycles. The van der Waals surface area contributed by atoms with Crippen LogP contribution in [-0.4, -0.2) is 55.0 Å². The molecule has 0 amide bonds. The second-order valence-corrected chi connectivity index (χ2v) is 10.1. The standard InChI is InChI=1S/C33H38O7/c1-22(2)27(34)23(3)28-30(39-32(35)26-18-12-7-13-19-26)29(37-20-24-14-8-5-9-15-24)31(33(36-4)40-28)38-21-25-16-10-6-11-17-25/h5-19,23,27-31,33-34H,1,20-21H2,2-4H3/t23-,27+,28-,29+,30-,31-,33+/m1/s1. The maximum absolute atomic E-state index is 13.4. The summed E-state index contributed by atoms with van der Waals surface area (Å²) >= 11 is 0. The van der Waals surface area contributed by atoms with Crippen LogP contribution in [0, 0.1) is 5.92 Å². The van der Waals surface area contributed by atoms with Crippen LogP contribution in [-0.2, 0) is 36.9 Å². The smallest absolute Gasteiger partial charge is 0.338 e. The fourth-order valence-corrected chi connectivity index (χ4v) is 4.88. The van der Waals surface area contributed by atoms with Gasteiger partial charge in [0.2, 0.25) is 0 Å². The van der Waals surface area contributed by atoms with Gasteiger partial charge in [-0.1, -0.05) is 97.9 Å². The lowest BCUT2D eigenvalue weighted by Gasteiger charge is -2.47. The number of ether oxygens (including phenoxy) is 5. The number of methoxy groups -OCH3 is 1. The molecule has 7 atom stereocenters. The lowest BCUT2D eigenvalue weighted by molar-refractivity contribution is -0.319. The number of carbonyl (C=O) groups excluding carboxylic acids is 1. The van der Waals surface area contributed by atoms with E-state index in [1.165, 1.54) is 7.11 Å². The molecule has 0 unspecified atom stereocenters. The molecule has 3 aromatic carbocycles. The van der Waals surface area contributed by atoms with Gasteiger partial charge < -0.3 is 28.8 Å². The SMILES string of the molecule is C=C(C)[C@H](O)[C@@H](C)[C@H]1O[C@H](OC)[C@H](OCc2ccccc2)[C@@H](OCc2ccccc2)[C@@H]1OC(=O)c1ccccc1. The van der Waals surface area contributed by atoms with Crippen LogP contribution in [0.25, 0.3) is 0 Å². The Kier molecular flexibility index (Phi) is 10.6. The van der Waals surface area contributed by atoms with Crippen LogP contribution in [0.1, 0.15) is 35.3 Å². The quantitative estimate of drug-likeness (QED) is 0.243. The maximum atomic E-state index is 13.4. The molecule has 1 aliphatic heterocycles. The highest BCUT2D eigenvalue weighted by Crippen LogP contribution is 2.35. The molecular weight excluding hydrogens is 508 g/mol. The highest BCUT2D eigenvalue weighted by molar-refractivity contribution is 5.89. The molecule has 1 aliphatic rings. The fraction of sp³-hybridized carbons (Fsp3) is 0.364. The normalized spacial score (nSPS) is 24.1. The van der Waals surface area contributed by atoms with E-state index in [-0.39, 0.29) is 13.2 Å². The number of hydrogen-bond acceptors (Lipinski definition) is 7. The molecule has 4 rings (SSSR count). The van der Waals surface area contributed by atoms with E-state index in [4.69, 9.17) is 23.7 Å². The molecule has 0 radical (unpaired) electrons. The molecular formula is C33H38O7. The summed E-state index contributed by atoms with van der Waals surface area (Å²) in [6.45, 7) is 8.02. The minimum absolute atomic E-state index is 0.247. The van der Waals surface area contributed by atoms with Gasteiger partial charge in [0.1, 0.15) is 18.3 Å². The summed E-state index contributed by atoms with van der Waals surface area (Å²) in [4.78, 5) is 13.4. The number of esters is 1. The van der Waals surface area contributed by atoms with Crippen LogP contribution in [0.5, 0.6) is 0 Å². The summed E-state index contributed by atoms with van der Waals surface area (Å²) in [7, 11) is 1.53.